The van der Waals surface area contributed by atoms with E-state index in [9.17, 15) is 17.7 Å². The number of alkyl halides is 3. The highest BCUT2D eigenvalue weighted by Gasteiger charge is 2.28. The van der Waals surface area contributed by atoms with Gasteiger partial charge in [0.1, 0.15) is 6.61 Å². The van der Waals surface area contributed by atoms with Gasteiger partial charge in [-0.15, -0.1) is 0 Å². The Hall–Kier alpha value is -0.800. The van der Waals surface area contributed by atoms with Gasteiger partial charge < -0.3 is 4.52 Å². The van der Waals surface area contributed by atoms with E-state index >= 15 is 0 Å². The summed E-state index contributed by atoms with van der Waals surface area (Å²) in [6.45, 7) is -1.47. The lowest BCUT2D eigenvalue weighted by Gasteiger charge is -2.07. The van der Waals surface area contributed by atoms with E-state index < -0.39 is 20.8 Å². The third kappa shape index (κ3) is 3.94. The van der Waals surface area contributed by atoms with Crippen LogP contribution in [0, 0.1) is 0 Å². The van der Waals surface area contributed by atoms with Gasteiger partial charge in [-0.25, -0.2) is 0 Å². The lowest BCUT2D eigenvalue weighted by Crippen LogP contribution is -2.15. The lowest BCUT2D eigenvalue weighted by atomic mass is 10.4. The molecule has 6 heteroatoms. The number of benzene rings is 1. The van der Waals surface area contributed by atoms with Gasteiger partial charge in [0.25, 0.3) is 0 Å². The quantitative estimate of drug-likeness (QED) is 0.736. The van der Waals surface area contributed by atoms with Crippen molar-refractivity contribution in [3.63, 3.8) is 0 Å². The summed E-state index contributed by atoms with van der Waals surface area (Å²) in [6.07, 6.45) is -4.44. The Labute approximate surface area is 79.6 Å². The second-order valence-electron chi connectivity index (χ2n) is 2.56. The Bertz CT molecular complexity index is 310. The second kappa shape index (κ2) is 4.62. The van der Waals surface area contributed by atoms with Crippen molar-refractivity contribution in [1.82, 2.24) is 0 Å². The summed E-state index contributed by atoms with van der Waals surface area (Å²) < 4.78 is 50.4. The maximum absolute atomic E-state index is 11.7. The molecule has 78 valence electrons. The summed E-state index contributed by atoms with van der Waals surface area (Å²) in [5, 5.41) is 0.293. The van der Waals surface area contributed by atoms with Crippen LogP contribution in [0.4, 0.5) is 13.2 Å². The van der Waals surface area contributed by atoms with E-state index in [-0.39, 0.29) is 0 Å². The van der Waals surface area contributed by atoms with Gasteiger partial charge in [0.15, 0.2) is 0 Å². The van der Waals surface area contributed by atoms with E-state index in [4.69, 9.17) is 0 Å². The number of halogens is 3. The molecule has 0 amide bonds. The van der Waals surface area contributed by atoms with Crippen LogP contribution in [0.3, 0.4) is 0 Å². The normalized spacial score (nSPS) is 13.9. The number of hydrogen-bond acceptors (Lipinski definition) is 2. The Morgan fingerprint density at radius 2 is 1.79 bits per heavy atom. The van der Waals surface area contributed by atoms with Gasteiger partial charge in [-0.05, 0) is 12.1 Å². The molecule has 0 fully saturated rings. The zero-order valence-electron chi connectivity index (χ0n) is 7.04. The summed E-state index contributed by atoms with van der Waals surface area (Å²) in [6, 6.07) is 7.81. The van der Waals surface area contributed by atoms with Gasteiger partial charge >= 0.3 is 6.18 Å². The minimum absolute atomic E-state index is 0.293. The Morgan fingerprint density at radius 3 is 2.29 bits per heavy atom. The van der Waals surface area contributed by atoms with Crippen molar-refractivity contribution in [2.45, 2.75) is 6.18 Å². The predicted molar refractivity (Wildman–Crippen MR) is 47.1 cm³/mol. The fraction of sp³-hybridized carbons (Fsp3) is 0.250. The first-order valence-electron chi connectivity index (χ1n) is 3.78. The molecule has 0 radical (unpaired) electrons. The van der Waals surface area contributed by atoms with E-state index in [2.05, 4.69) is 4.52 Å². The minimum Gasteiger partial charge on any atom is -0.318 e. The molecule has 1 aromatic carbocycles. The molecule has 0 spiro atoms. The van der Waals surface area contributed by atoms with Gasteiger partial charge in [-0.2, -0.15) is 13.2 Å². The van der Waals surface area contributed by atoms with Crippen molar-refractivity contribution >= 4 is 13.3 Å². The van der Waals surface area contributed by atoms with Gasteiger partial charge in [-0.1, -0.05) is 18.2 Å². The van der Waals surface area contributed by atoms with Gasteiger partial charge in [0, 0.05) is 5.30 Å². The van der Waals surface area contributed by atoms with Crippen molar-refractivity contribution in [3.05, 3.63) is 30.3 Å². The molecular weight excluding hydrogens is 216 g/mol. The fourth-order valence-corrected chi connectivity index (χ4v) is 1.73. The molecule has 0 N–H and O–H groups in total. The molecule has 1 atom stereocenters. The third-order valence-electron chi connectivity index (χ3n) is 1.38. The number of rotatable bonds is 3. The monoisotopic (exact) mass is 224 g/mol. The van der Waals surface area contributed by atoms with E-state index in [0.717, 1.165) is 0 Å². The maximum Gasteiger partial charge on any atom is 0.412 e. The first-order chi connectivity index (χ1) is 6.49. The molecule has 0 aromatic heterocycles. The molecule has 0 saturated heterocycles. The van der Waals surface area contributed by atoms with Crippen LogP contribution in [0.5, 0.6) is 0 Å². The van der Waals surface area contributed by atoms with Gasteiger partial charge in [0.2, 0.25) is 8.03 Å². The van der Waals surface area contributed by atoms with Crippen LogP contribution in [-0.4, -0.2) is 12.8 Å². The van der Waals surface area contributed by atoms with Crippen molar-refractivity contribution in [1.29, 1.82) is 0 Å². The van der Waals surface area contributed by atoms with E-state index in [1.54, 1.807) is 18.2 Å². The first-order valence-corrected chi connectivity index (χ1v) is 5.09. The third-order valence-corrected chi connectivity index (χ3v) is 2.59. The zero-order chi connectivity index (χ0) is 10.6. The van der Waals surface area contributed by atoms with Crippen molar-refractivity contribution in [2.24, 2.45) is 0 Å². The largest absolute Gasteiger partial charge is 0.412 e. The summed E-state index contributed by atoms with van der Waals surface area (Å²) >= 11 is 0. The smallest absolute Gasteiger partial charge is 0.318 e. The summed E-state index contributed by atoms with van der Waals surface area (Å²) in [4.78, 5) is 0. The topological polar surface area (TPSA) is 26.3 Å². The number of hydrogen-bond donors (Lipinski definition) is 0. The lowest BCUT2D eigenvalue weighted by molar-refractivity contribution is -0.152. The van der Waals surface area contributed by atoms with Crippen LogP contribution in [-0.2, 0) is 9.09 Å². The standard InChI is InChI=1S/C8H8F3O2P/c9-8(10,11)6-13-14(12)7-4-2-1-3-5-7/h1-5,14H,6H2. The Balaban J connectivity index is 2.52. The highest BCUT2D eigenvalue weighted by atomic mass is 31.1. The van der Waals surface area contributed by atoms with Gasteiger partial charge in [0.05, 0.1) is 0 Å². The molecule has 1 rings (SSSR count). The van der Waals surface area contributed by atoms with Gasteiger partial charge in [-0.3, -0.25) is 4.57 Å². The zero-order valence-corrected chi connectivity index (χ0v) is 8.04. The minimum atomic E-state index is -4.44. The molecule has 0 saturated carbocycles. The van der Waals surface area contributed by atoms with Crippen LogP contribution in [0.1, 0.15) is 0 Å². The average Bonchev–Trinajstić information content (AvgIpc) is 2.14. The molecule has 2 nitrogen and oxygen atoms in total. The molecule has 0 aliphatic carbocycles. The summed E-state index contributed by atoms with van der Waals surface area (Å²) in [5.41, 5.74) is 0. The van der Waals surface area contributed by atoms with Crippen LogP contribution in [0.25, 0.3) is 0 Å². The van der Waals surface area contributed by atoms with Crippen molar-refractivity contribution in [2.75, 3.05) is 6.61 Å². The maximum atomic E-state index is 11.7. The van der Waals surface area contributed by atoms with E-state index in [1.807, 2.05) is 0 Å². The van der Waals surface area contributed by atoms with Crippen LogP contribution in [0.15, 0.2) is 30.3 Å². The predicted octanol–water partition coefficient (Wildman–Crippen LogP) is 2.37. The molecule has 0 heterocycles. The molecule has 1 aromatic rings. The molecule has 14 heavy (non-hydrogen) atoms. The first kappa shape index (κ1) is 11.3. The molecule has 0 aliphatic heterocycles. The van der Waals surface area contributed by atoms with E-state index in [0.29, 0.717) is 5.30 Å². The highest BCUT2D eigenvalue weighted by molar-refractivity contribution is 7.48. The molecular formula is C8H8F3O2P. The van der Waals surface area contributed by atoms with Crippen molar-refractivity contribution < 1.29 is 22.3 Å². The fourth-order valence-electron chi connectivity index (χ4n) is 0.805. The van der Waals surface area contributed by atoms with Crippen LogP contribution >= 0.6 is 8.03 Å². The second-order valence-corrected chi connectivity index (χ2v) is 4.00. The average molecular weight is 224 g/mol. The van der Waals surface area contributed by atoms with E-state index in [1.165, 1.54) is 12.1 Å². The van der Waals surface area contributed by atoms with Crippen LogP contribution in [0.2, 0.25) is 0 Å². The van der Waals surface area contributed by atoms with Crippen molar-refractivity contribution in [3.8, 4) is 0 Å². The Morgan fingerprint density at radius 1 is 1.21 bits per heavy atom. The Kier molecular flexibility index (Phi) is 3.72. The van der Waals surface area contributed by atoms with Crippen LogP contribution < -0.4 is 5.30 Å². The molecule has 0 bridgehead atoms. The summed E-state index contributed by atoms with van der Waals surface area (Å²) in [7, 11) is -2.77. The highest BCUT2D eigenvalue weighted by Crippen LogP contribution is 2.26. The SMILES string of the molecule is O=[PH](OCC(F)(F)F)c1ccccc1. The summed E-state index contributed by atoms with van der Waals surface area (Å²) in [5.74, 6) is 0. The molecule has 0 aliphatic rings. The molecule has 1 unspecified atom stereocenters.